The summed E-state index contributed by atoms with van der Waals surface area (Å²) in [6.07, 6.45) is 4.64. The number of benzene rings is 2. The summed E-state index contributed by atoms with van der Waals surface area (Å²) in [5.74, 6) is -0.0501. The highest BCUT2D eigenvalue weighted by Crippen LogP contribution is 2.24. The third-order valence-electron chi connectivity index (χ3n) is 3.66. The third kappa shape index (κ3) is 4.08. The van der Waals surface area contributed by atoms with E-state index in [9.17, 15) is 9.90 Å². The molecule has 0 aliphatic heterocycles. The summed E-state index contributed by atoms with van der Waals surface area (Å²) in [4.78, 5) is 12.7. The number of unbranched alkanes of at least 4 members (excludes halogenated alkanes) is 1. The van der Waals surface area contributed by atoms with Crippen LogP contribution in [0.25, 0.3) is 6.08 Å². The van der Waals surface area contributed by atoms with E-state index in [2.05, 4.69) is 6.92 Å². The number of rotatable bonds is 6. The first kappa shape index (κ1) is 16.0. The lowest BCUT2D eigenvalue weighted by Crippen LogP contribution is -2.04. The molecule has 0 aliphatic carbocycles. The average Bonchev–Trinajstić information content (AvgIpc) is 2.53. The van der Waals surface area contributed by atoms with E-state index in [0.29, 0.717) is 5.56 Å². The summed E-state index contributed by atoms with van der Waals surface area (Å²) in [5.41, 5.74) is 3.32. The first-order valence-electron chi connectivity index (χ1n) is 7.71. The Hall–Kier alpha value is -2.35. The second-order valence-electron chi connectivity index (χ2n) is 5.53. The predicted octanol–water partition coefficient (Wildman–Crippen LogP) is 5.16. The summed E-state index contributed by atoms with van der Waals surface area (Å²) < 4.78 is 0. The first-order valence-corrected chi connectivity index (χ1v) is 7.71. The van der Waals surface area contributed by atoms with Crippen molar-refractivity contribution in [3.05, 3.63) is 70.8 Å². The third-order valence-corrected chi connectivity index (χ3v) is 3.66. The zero-order chi connectivity index (χ0) is 15.9. The highest BCUT2D eigenvalue weighted by Gasteiger charge is 2.15. The van der Waals surface area contributed by atoms with Gasteiger partial charge in [-0.2, -0.15) is 0 Å². The normalized spacial score (nSPS) is 11.5. The lowest BCUT2D eigenvalue weighted by molar-refractivity contribution is 0.102. The Morgan fingerprint density at radius 3 is 2.41 bits per heavy atom. The minimum atomic E-state index is -0.0906. The van der Waals surface area contributed by atoms with Crippen molar-refractivity contribution in [2.75, 3.05) is 0 Å². The lowest BCUT2D eigenvalue weighted by Gasteiger charge is -2.08. The van der Waals surface area contributed by atoms with Gasteiger partial charge in [0.05, 0.1) is 5.56 Å². The SMILES string of the molecule is CCCCC(=Cc1ccc(C)cc1)C(=O)c1ccccc1O. The van der Waals surface area contributed by atoms with E-state index >= 15 is 0 Å². The molecule has 0 fully saturated rings. The maximum absolute atomic E-state index is 12.7. The second-order valence-corrected chi connectivity index (χ2v) is 5.53. The molecule has 0 spiro atoms. The summed E-state index contributed by atoms with van der Waals surface area (Å²) in [6, 6.07) is 14.8. The quantitative estimate of drug-likeness (QED) is 0.590. The minimum absolute atomic E-state index is 0.0406. The monoisotopic (exact) mass is 294 g/mol. The van der Waals surface area contributed by atoms with Gasteiger partial charge in [0, 0.05) is 5.57 Å². The molecule has 0 unspecified atom stereocenters. The highest BCUT2D eigenvalue weighted by atomic mass is 16.3. The van der Waals surface area contributed by atoms with Gasteiger partial charge in [-0.1, -0.05) is 55.3 Å². The molecule has 22 heavy (non-hydrogen) atoms. The number of aryl methyl sites for hydroxylation is 1. The van der Waals surface area contributed by atoms with Crippen LogP contribution in [0.5, 0.6) is 5.75 Å². The van der Waals surface area contributed by atoms with Crippen molar-refractivity contribution in [1.29, 1.82) is 0 Å². The number of phenols is 1. The fraction of sp³-hybridized carbons (Fsp3) is 0.250. The Labute approximate surface area is 132 Å². The van der Waals surface area contributed by atoms with E-state index in [0.717, 1.165) is 30.4 Å². The van der Waals surface area contributed by atoms with Gasteiger partial charge < -0.3 is 5.11 Å². The van der Waals surface area contributed by atoms with Gasteiger partial charge in [0.15, 0.2) is 5.78 Å². The first-order chi connectivity index (χ1) is 10.6. The van der Waals surface area contributed by atoms with Gasteiger partial charge in [0.1, 0.15) is 5.75 Å². The lowest BCUT2D eigenvalue weighted by atomic mass is 9.96. The number of hydrogen-bond acceptors (Lipinski definition) is 2. The van der Waals surface area contributed by atoms with Crippen LogP contribution in [0.4, 0.5) is 0 Å². The van der Waals surface area contributed by atoms with Gasteiger partial charge in [-0.3, -0.25) is 4.79 Å². The van der Waals surface area contributed by atoms with E-state index in [1.807, 2.05) is 37.3 Å². The predicted molar refractivity (Wildman–Crippen MR) is 91.1 cm³/mol. The molecular weight excluding hydrogens is 272 g/mol. The van der Waals surface area contributed by atoms with E-state index in [-0.39, 0.29) is 11.5 Å². The molecule has 114 valence electrons. The van der Waals surface area contributed by atoms with Crippen LogP contribution in [0.1, 0.15) is 47.7 Å². The molecule has 2 rings (SSSR count). The summed E-state index contributed by atoms with van der Waals surface area (Å²) in [6.45, 7) is 4.15. The van der Waals surface area contributed by atoms with Gasteiger partial charge >= 0.3 is 0 Å². The van der Waals surface area contributed by atoms with Gasteiger partial charge in [-0.15, -0.1) is 0 Å². The van der Waals surface area contributed by atoms with Crippen LogP contribution in [0.2, 0.25) is 0 Å². The molecule has 0 aromatic heterocycles. The topological polar surface area (TPSA) is 37.3 Å². The van der Waals surface area contributed by atoms with Crippen molar-refractivity contribution in [3.63, 3.8) is 0 Å². The Balaban J connectivity index is 2.35. The minimum Gasteiger partial charge on any atom is -0.507 e. The van der Waals surface area contributed by atoms with E-state index in [4.69, 9.17) is 0 Å². The summed E-state index contributed by atoms with van der Waals surface area (Å²) in [5, 5.41) is 9.91. The molecule has 1 N–H and O–H groups in total. The van der Waals surface area contributed by atoms with Gasteiger partial charge in [0.2, 0.25) is 0 Å². The molecule has 0 atom stereocenters. The second kappa shape index (κ2) is 7.60. The van der Waals surface area contributed by atoms with Crippen LogP contribution in [-0.4, -0.2) is 10.9 Å². The van der Waals surface area contributed by atoms with Crippen molar-refractivity contribution in [2.45, 2.75) is 33.1 Å². The van der Waals surface area contributed by atoms with Crippen LogP contribution >= 0.6 is 0 Å². The highest BCUT2D eigenvalue weighted by molar-refractivity contribution is 6.12. The molecular formula is C20H22O2. The van der Waals surface area contributed by atoms with Crippen LogP contribution in [0, 0.1) is 6.92 Å². The van der Waals surface area contributed by atoms with Crippen LogP contribution in [-0.2, 0) is 0 Å². The summed E-state index contributed by atoms with van der Waals surface area (Å²) >= 11 is 0. The molecule has 0 saturated heterocycles. The molecule has 2 aromatic carbocycles. The zero-order valence-electron chi connectivity index (χ0n) is 13.2. The smallest absolute Gasteiger partial charge is 0.192 e. The molecule has 2 aromatic rings. The van der Waals surface area contributed by atoms with E-state index in [1.165, 1.54) is 5.56 Å². The average molecular weight is 294 g/mol. The number of hydrogen-bond donors (Lipinski definition) is 1. The molecule has 2 heteroatoms. The number of carbonyl (C=O) groups excluding carboxylic acids is 1. The number of carbonyl (C=O) groups is 1. The zero-order valence-corrected chi connectivity index (χ0v) is 13.2. The van der Waals surface area contributed by atoms with Crippen molar-refractivity contribution in [3.8, 4) is 5.75 Å². The molecule has 0 aliphatic rings. The van der Waals surface area contributed by atoms with Gasteiger partial charge in [0.25, 0.3) is 0 Å². The van der Waals surface area contributed by atoms with Crippen LogP contribution in [0.3, 0.4) is 0 Å². The number of Topliss-reactive ketones (excluding diaryl/α,β-unsaturated/α-hetero) is 1. The Kier molecular flexibility index (Phi) is 5.54. The molecule has 0 amide bonds. The Morgan fingerprint density at radius 2 is 1.77 bits per heavy atom. The van der Waals surface area contributed by atoms with Crippen molar-refractivity contribution in [1.82, 2.24) is 0 Å². The Morgan fingerprint density at radius 1 is 1.09 bits per heavy atom. The largest absolute Gasteiger partial charge is 0.507 e. The van der Waals surface area contributed by atoms with E-state index in [1.54, 1.807) is 24.3 Å². The molecule has 0 heterocycles. The number of para-hydroxylation sites is 1. The van der Waals surface area contributed by atoms with Crippen molar-refractivity contribution >= 4 is 11.9 Å². The Bertz CT molecular complexity index is 666. The van der Waals surface area contributed by atoms with Crippen molar-refractivity contribution in [2.24, 2.45) is 0 Å². The van der Waals surface area contributed by atoms with Crippen LogP contribution < -0.4 is 0 Å². The van der Waals surface area contributed by atoms with Gasteiger partial charge in [-0.25, -0.2) is 0 Å². The van der Waals surface area contributed by atoms with Crippen molar-refractivity contribution < 1.29 is 9.90 Å². The fourth-order valence-electron chi connectivity index (χ4n) is 2.32. The fourth-order valence-corrected chi connectivity index (χ4v) is 2.32. The maximum Gasteiger partial charge on any atom is 0.192 e. The molecule has 0 bridgehead atoms. The standard InChI is InChI=1S/C20H22O2/c1-3-4-7-17(14-16-12-10-15(2)11-13-16)20(22)18-8-5-6-9-19(18)21/h5-6,8-14,21H,3-4,7H2,1-2H3. The molecule has 2 nitrogen and oxygen atoms in total. The molecule has 0 saturated carbocycles. The molecule has 0 radical (unpaired) electrons. The number of ketones is 1. The maximum atomic E-state index is 12.7. The van der Waals surface area contributed by atoms with Crippen LogP contribution in [0.15, 0.2) is 54.1 Å². The number of aromatic hydroxyl groups is 1. The summed E-state index contributed by atoms with van der Waals surface area (Å²) in [7, 11) is 0. The van der Waals surface area contributed by atoms with Gasteiger partial charge in [-0.05, 0) is 43.5 Å². The number of phenolic OH excluding ortho intramolecular Hbond substituents is 1. The van der Waals surface area contributed by atoms with E-state index < -0.39 is 0 Å². The number of allylic oxidation sites excluding steroid dienone is 1.